The van der Waals surface area contributed by atoms with Crippen molar-refractivity contribution in [2.24, 2.45) is 0 Å². The van der Waals surface area contributed by atoms with Crippen LogP contribution in [0.3, 0.4) is 0 Å². The summed E-state index contributed by atoms with van der Waals surface area (Å²) in [4.78, 5) is 0. The first-order valence-corrected chi connectivity index (χ1v) is 5.61. The molecule has 0 atom stereocenters. The Hall–Kier alpha value is -1.07. The molecule has 1 heteroatoms. The molecule has 0 unspecified atom stereocenters. The van der Waals surface area contributed by atoms with Crippen LogP contribution < -0.4 is 0 Å². The van der Waals surface area contributed by atoms with Crippen molar-refractivity contribution in [3.05, 3.63) is 72.9 Å². The fourth-order valence-corrected chi connectivity index (χ4v) is 1.49. The van der Waals surface area contributed by atoms with Gasteiger partial charge >= 0.3 is 16.5 Å². The molecule has 0 amide bonds. The van der Waals surface area contributed by atoms with Crippen LogP contribution in [0.5, 0.6) is 0 Å². The summed E-state index contributed by atoms with van der Waals surface area (Å²) < 4.78 is 0. The summed E-state index contributed by atoms with van der Waals surface area (Å²) in [6, 6.07) is 0. The maximum Gasteiger partial charge on any atom is 2.00 e. The zero-order valence-corrected chi connectivity index (χ0v) is 11.0. The molecule has 92 valence electrons. The Morgan fingerprint density at radius 1 is 0.941 bits per heavy atom. The van der Waals surface area contributed by atoms with E-state index in [1.807, 2.05) is 12.2 Å². The molecule has 0 saturated carbocycles. The van der Waals surface area contributed by atoms with E-state index in [0.717, 1.165) is 25.7 Å². The Morgan fingerprint density at radius 3 is 1.59 bits per heavy atom. The molecule has 0 aliphatic heterocycles. The molecular weight excluding hydrogens is 251 g/mol. The molecule has 0 saturated heterocycles. The summed E-state index contributed by atoms with van der Waals surface area (Å²) in [6.45, 7) is 7.26. The van der Waals surface area contributed by atoms with Gasteiger partial charge in [0.15, 0.2) is 0 Å². The van der Waals surface area contributed by atoms with Crippen molar-refractivity contribution in [1.82, 2.24) is 0 Å². The molecule has 0 fully saturated rings. The molecule has 0 heterocycles. The SMILES string of the molecule is C=CCC1=[C-]CC=C1.C=CCC1=[C-]CC=C1.[Ni+2]. The Bertz CT molecular complexity index is 318. The average Bonchev–Trinajstić information content (AvgIpc) is 2.92. The van der Waals surface area contributed by atoms with Crippen molar-refractivity contribution in [3.63, 3.8) is 0 Å². The topological polar surface area (TPSA) is 0 Å². The van der Waals surface area contributed by atoms with Crippen LogP contribution in [0.1, 0.15) is 25.7 Å². The van der Waals surface area contributed by atoms with E-state index < -0.39 is 0 Å². The van der Waals surface area contributed by atoms with Crippen LogP contribution in [0.15, 0.2) is 60.8 Å². The van der Waals surface area contributed by atoms with Crippen LogP contribution in [0.4, 0.5) is 0 Å². The van der Waals surface area contributed by atoms with Crippen LogP contribution in [0.2, 0.25) is 0 Å². The summed E-state index contributed by atoms with van der Waals surface area (Å²) in [7, 11) is 0. The van der Waals surface area contributed by atoms with Gasteiger partial charge in [-0.2, -0.15) is 12.2 Å². The van der Waals surface area contributed by atoms with Crippen molar-refractivity contribution in [3.8, 4) is 0 Å². The molecule has 2 rings (SSSR count). The minimum absolute atomic E-state index is 0. The molecular formula is C16H18Ni. The van der Waals surface area contributed by atoms with Gasteiger partial charge in [-0.15, -0.1) is 26.0 Å². The molecule has 0 nitrogen and oxygen atoms in total. The molecule has 0 aromatic heterocycles. The second-order valence-electron chi connectivity index (χ2n) is 3.60. The van der Waals surface area contributed by atoms with E-state index in [1.54, 1.807) is 0 Å². The van der Waals surface area contributed by atoms with E-state index in [0.29, 0.717) is 0 Å². The zero-order chi connectivity index (χ0) is 11.6. The largest absolute Gasteiger partial charge is 2.00 e. The Morgan fingerprint density at radius 2 is 1.35 bits per heavy atom. The Labute approximate surface area is 115 Å². The number of allylic oxidation sites excluding steroid dienone is 10. The van der Waals surface area contributed by atoms with Gasteiger partial charge in [0.25, 0.3) is 0 Å². The summed E-state index contributed by atoms with van der Waals surface area (Å²) >= 11 is 0. The molecule has 0 radical (unpaired) electrons. The Kier molecular flexibility index (Phi) is 9.48. The molecule has 17 heavy (non-hydrogen) atoms. The number of rotatable bonds is 4. The standard InChI is InChI=1S/2C8H9.Ni/c2*1-2-5-8-6-3-4-7-8;/h2*2-3,6H,1,4-5H2;/q2*-1;+2. The third-order valence-corrected chi connectivity index (χ3v) is 2.26. The van der Waals surface area contributed by atoms with E-state index in [1.165, 1.54) is 11.1 Å². The van der Waals surface area contributed by atoms with Gasteiger partial charge in [-0.05, 0) is 12.8 Å². The van der Waals surface area contributed by atoms with Gasteiger partial charge in [-0.3, -0.25) is 12.2 Å². The first-order chi connectivity index (χ1) is 7.86. The second kappa shape index (κ2) is 10.1. The zero-order valence-electron chi connectivity index (χ0n) is 10.0. The van der Waals surface area contributed by atoms with Gasteiger partial charge in [0.2, 0.25) is 0 Å². The Balaban J connectivity index is 0.000000284. The van der Waals surface area contributed by atoms with E-state index in [4.69, 9.17) is 0 Å². The van der Waals surface area contributed by atoms with Gasteiger partial charge < -0.3 is 0 Å². The second-order valence-corrected chi connectivity index (χ2v) is 3.60. The molecule has 0 aromatic rings. The summed E-state index contributed by atoms with van der Waals surface area (Å²) in [6.07, 6.45) is 22.5. The van der Waals surface area contributed by atoms with Crippen LogP contribution in [-0.4, -0.2) is 0 Å². The van der Waals surface area contributed by atoms with Crippen molar-refractivity contribution in [2.45, 2.75) is 25.7 Å². The normalized spacial score (nSPS) is 15.3. The number of hydrogen-bond donors (Lipinski definition) is 0. The van der Waals surface area contributed by atoms with Crippen LogP contribution in [0, 0.1) is 12.2 Å². The summed E-state index contributed by atoms with van der Waals surface area (Å²) in [5.41, 5.74) is 2.56. The predicted octanol–water partition coefficient (Wildman–Crippen LogP) is 4.50. The number of hydrogen-bond acceptors (Lipinski definition) is 0. The van der Waals surface area contributed by atoms with Crippen LogP contribution >= 0.6 is 0 Å². The molecule has 0 N–H and O–H groups in total. The van der Waals surface area contributed by atoms with Gasteiger partial charge in [-0.1, -0.05) is 12.2 Å². The van der Waals surface area contributed by atoms with Gasteiger partial charge in [-0.25, -0.2) is 23.3 Å². The smallest absolute Gasteiger partial charge is 0.269 e. The van der Waals surface area contributed by atoms with Gasteiger partial charge in [0, 0.05) is 0 Å². The monoisotopic (exact) mass is 268 g/mol. The van der Waals surface area contributed by atoms with Crippen molar-refractivity contribution in [1.29, 1.82) is 0 Å². The van der Waals surface area contributed by atoms with Crippen LogP contribution in [-0.2, 0) is 16.5 Å². The quantitative estimate of drug-likeness (QED) is 0.400. The molecule has 0 spiro atoms. The van der Waals surface area contributed by atoms with Crippen molar-refractivity contribution >= 4 is 0 Å². The fourth-order valence-electron chi connectivity index (χ4n) is 1.49. The van der Waals surface area contributed by atoms with Gasteiger partial charge in [0.1, 0.15) is 0 Å². The molecule has 0 aromatic carbocycles. The summed E-state index contributed by atoms with van der Waals surface area (Å²) in [5, 5.41) is 0. The average molecular weight is 269 g/mol. The minimum Gasteiger partial charge on any atom is -0.269 e. The molecule has 2 aliphatic carbocycles. The minimum atomic E-state index is 0. The maximum absolute atomic E-state index is 3.63. The first kappa shape index (κ1) is 15.9. The fraction of sp³-hybridized carbons (Fsp3) is 0.250. The van der Waals surface area contributed by atoms with Crippen molar-refractivity contribution < 1.29 is 16.5 Å². The van der Waals surface area contributed by atoms with E-state index in [9.17, 15) is 0 Å². The van der Waals surface area contributed by atoms with Crippen LogP contribution in [0.25, 0.3) is 0 Å². The van der Waals surface area contributed by atoms with E-state index >= 15 is 0 Å². The van der Waals surface area contributed by atoms with E-state index in [2.05, 4.69) is 49.6 Å². The third-order valence-electron chi connectivity index (χ3n) is 2.26. The van der Waals surface area contributed by atoms with Crippen molar-refractivity contribution in [2.75, 3.05) is 0 Å². The summed E-state index contributed by atoms with van der Waals surface area (Å²) in [5.74, 6) is 0. The molecule has 2 aliphatic rings. The third kappa shape index (κ3) is 6.97. The van der Waals surface area contributed by atoms with Gasteiger partial charge in [0.05, 0.1) is 0 Å². The van der Waals surface area contributed by atoms with E-state index in [-0.39, 0.29) is 16.5 Å². The predicted molar refractivity (Wildman–Crippen MR) is 70.7 cm³/mol. The maximum atomic E-state index is 3.63. The molecule has 0 bridgehead atoms. The first-order valence-electron chi connectivity index (χ1n) is 5.61.